The second kappa shape index (κ2) is 3.61. The molecule has 0 aliphatic carbocycles. The Bertz CT molecular complexity index is 27.0. The lowest BCUT2D eigenvalue weighted by molar-refractivity contribution is 1.53. The van der Waals surface area contributed by atoms with Gasteiger partial charge in [0.1, 0.15) is 0 Å². The van der Waals surface area contributed by atoms with Crippen LogP contribution in [-0.4, -0.2) is 0 Å². The number of hydrogen-bond donors (Lipinski definition) is 0. The minimum absolute atomic E-state index is 2.00. The Morgan fingerprint density at radius 3 is 2.20 bits per heavy atom. The van der Waals surface area contributed by atoms with Crippen LogP contribution in [0.5, 0.6) is 0 Å². The van der Waals surface area contributed by atoms with Gasteiger partial charge in [0.15, 0.2) is 0 Å². The molecule has 0 saturated heterocycles. The third kappa shape index (κ3) is 3.61. The number of hydrogen-bond acceptors (Lipinski definition) is 0. The molecule has 0 saturated carbocycles. The van der Waals surface area contributed by atoms with Gasteiger partial charge in [-0.3, -0.25) is 0 Å². The van der Waals surface area contributed by atoms with Crippen LogP contribution in [0.4, 0.5) is 0 Å². The van der Waals surface area contributed by atoms with Crippen LogP contribution in [0.2, 0.25) is 0 Å². The topological polar surface area (TPSA) is 0 Å². The summed E-state index contributed by atoms with van der Waals surface area (Å²) in [4.78, 5) is 0. The van der Waals surface area contributed by atoms with Crippen molar-refractivity contribution in [2.75, 3.05) is 0 Å². The van der Waals surface area contributed by atoms with Crippen molar-refractivity contribution in [2.24, 2.45) is 0 Å². The molecule has 0 N–H and O–H groups in total. The Balaban J connectivity index is 2.62. The first-order valence-electron chi connectivity index (χ1n) is 1.82. The van der Waals surface area contributed by atoms with Gasteiger partial charge >= 0.3 is 0 Å². The van der Waals surface area contributed by atoms with Crippen LogP contribution in [0.1, 0.15) is 13.8 Å². The van der Waals surface area contributed by atoms with Crippen LogP contribution in [-0.2, 0) is 0 Å². The van der Waals surface area contributed by atoms with E-state index in [0.29, 0.717) is 0 Å². The summed E-state index contributed by atoms with van der Waals surface area (Å²) < 4.78 is 0. The summed E-state index contributed by atoms with van der Waals surface area (Å²) in [5, 5.41) is 0. The predicted octanol–water partition coefficient (Wildman–Crippen LogP) is 1.79. The maximum absolute atomic E-state index is 2.00. The summed E-state index contributed by atoms with van der Waals surface area (Å²) in [5.41, 5.74) is 0. The Hall–Kier alpha value is -0.390. The van der Waals surface area contributed by atoms with E-state index in [1.54, 1.807) is 0 Å². The van der Waals surface area contributed by atoms with Crippen molar-refractivity contribution in [2.45, 2.75) is 13.8 Å². The van der Waals surface area contributed by atoms with Crippen molar-refractivity contribution in [1.82, 2.24) is 0 Å². The minimum atomic E-state index is 2.00. The number of allylic oxidation sites excluding steroid dienone is 2. The molecule has 0 heterocycles. The summed E-state index contributed by atoms with van der Waals surface area (Å²) in [6.45, 7) is 4.00. The van der Waals surface area contributed by atoms with Gasteiger partial charge in [-0.2, -0.15) is 0 Å². The maximum atomic E-state index is 2.00. The first-order valence-corrected chi connectivity index (χ1v) is 1.82. The molecule has 0 atom stereocenters. The van der Waals surface area contributed by atoms with Gasteiger partial charge in [0.25, 0.3) is 0 Å². The minimum Gasteiger partial charge on any atom is -0.233 e. The molecule has 0 spiro atoms. The van der Waals surface area contributed by atoms with Gasteiger partial charge in [0, 0.05) is 0 Å². The molecule has 0 amide bonds. The Labute approximate surface area is 33.5 Å². The van der Waals surface area contributed by atoms with Crippen molar-refractivity contribution in [1.29, 1.82) is 0 Å². The SMILES string of the molecule is C/C=C/[CH-]C. The fourth-order valence-electron chi connectivity index (χ4n) is 0.192. The second-order valence-corrected chi connectivity index (χ2v) is 0.859. The molecule has 0 aromatic heterocycles. The molecule has 0 radical (unpaired) electrons. The zero-order valence-electron chi connectivity index (χ0n) is 3.73. The normalized spacial score (nSPS) is 9.20. The molecular weight excluding hydrogens is 60.1 g/mol. The lowest BCUT2D eigenvalue weighted by Crippen LogP contribution is -1.45. The van der Waals surface area contributed by atoms with Crippen LogP contribution >= 0.6 is 0 Å². The average molecular weight is 69.1 g/mol. The molecule has 0 aliphatic rings. The monoisotopic (exact) mass is 69.1 g/mol. The third-order valence-corrected chi connectivity index (χ3v) is 0.385. The first kappa shape index (κ1) is 4.61. The zero-order chi connectivity index (χ0) is 4.12. The van der Waals surface area contributed by atoms with Crippen molar-refractivity contribution in [3.05, 3.63) is 18.6 Å². The lowest BCUT2D eigenvalue weighted by Gasteiger charge is -1.79. The average Bonchev–Trinajstić information content (AvgIpc) is 1.41. The molecule has 0 rings (SSSR count). The molecule has 5 heavy (non-hydrogen) atoms. The smallest absolute Gasteiger partial charge is 0.113 e. The van der Waals surface area contributed by atoms with E-state index in [1.807, 2.05) is 32.4 Å². The van der Waals surface area contributed by atoms with E-state index in [2.05, 4.69) is 0 Å². The van der Waals surface area contributed by atoms with Gasteiger partial charge < -0.3 is 0 Å². The zero-order valence-corrected chi connectivity index (χ0v) is 3.73. The van der Waals surface area contributed by atoms with Crippen LogP contribution in [0.3, 0.4) is 0 Å². The largest absolute Gasteiger partial charge is 0.233 e. The Morgan fingerprint density at radius 1 is 1.60 bits per heavy atom. The van der Waals surface area contributed by atoms with E-state index in [4.69, 9.17) is 0 Å². The number of rotatable bonds is 1. The molecule has 0 unspecified atom stereocenters. The van der Waals surface area contributed by atoms with Crippen LogP contribution < -0.4 is 0 Å². The van der Waals surface area contributed by atoms with Crippen molar-refractivity contribution in [3.8, 4) is 0 Å². The molecule has 0 bridgehead atoms. The second-order valence-electron chi connectivity index (χ2n) is 0.859. The van der Waals surface area contributed by atoms with E-state index in [9.17, 15) is 0 Å². The van der Waals surface area contributed by atoms with Gasteiger partial charge in [-0.05, 0) is 0 Å². The standard InChI is InChI=1S/C5H9/c1-3-5-4-2/h3-5H,1-2H3/q-1/b5-3+. The summed E-state index contributed by atoms with van der Waals surface area (Å²) in [6, 6.07) is 0. The van der Waals surface area contributed by atoms with Gasteiger partial charge in [-0.25, -0.2) is 18.6 Å². The molecule has 0 aliphatic heterocycles. The molecule has 0 fully saturated rings. The molecule has 30 valence electrons. The molecular formula is C5H9-. The van der Waals surface area contributed by atoms with Crippen molar-refractivity contribution in [3.63, 3.8) is 0 Å². The fourth-order valence-corrected chi connectivity index (χ4v) is 0.192. The van der Waals surface area contributed by atoms with Gasteiger partial charge in [0.05, 0.1) is 0 Å². The lowest BCUT2D eigenvalue weighted by atomic mass is 10.4. The highest BCUT2D eigenvalue weighted by atomic mass is 13.6. The highest BCUT2D eigenvalue weighted by Gasteiger charge is 1.38. The van der Waals surface area contributed by atoms with E-state index in [1.165, 1.54) is 0 Å². The fraction of sp³-hybridized carbons (Fsp3) is 0.400. The van der Waals surface area contributed by atoms with E-state index < -0.39 is 0 Å². The molecule has 0 aromatic rings. The van der Waals surface area contributed by atoms with Crippen molar-refractivity contribution >= 4 is 0 Å². The van der Waals surface area contributed by atoms with Gasteiger partial charge in [0.2, 0.25) is 0 Å². The van der Waals surface area contributed by atoms with Gasteiger partial charge in [-0.15, -0.1) is 13.8 Å². The van der Waals surface area contributed by atoms with Crippen molar-refractivity contribution < 1.29 is 0 Å². The summed E-state index contributed by atoms with van der Waals surface area (Å²) in [5.74, 6) is 0. The van der Waals surface area contributed by atoms with Crippen LogP contribution in [0.15, 0.2) is 12.2 Å². The molecule has 0 aromatic carbocycles. The predicted molar refractivity (Wildman–Crippen MR) is 24.8 cm³/mol. The summed E-state index contributed by atoms with van der Waals surface area (Å²) in [7, 11) is 0. The quantitative estimate of drug-likeness (QED) is 0.412. The summed E-state index contributed by atoms with van der Waals surface area (Å²) >= 11 is 0. The highest BCUT2D eigenvalue weighted by molar-refractivity contribution is 4.87. The highest BCUT2D eigenvalue weighted by Crippen LogP contribution is 1.71. The van der Waals surface area contributed by atoms with Crippen LogP contribution in [0, 0.1) is 6.42 Å². The third-order valence-electron chi connectivity index (χ3n) is 0.385. The molecule has 0 nitrogen and oxygen atoms in total. The van der Waals surface area contributed by atoms with E-state index in [0.717, 1.165) is 0 Å². The first-order chi connectivity index (χ1) is 2.41. The summed E-state index contributed by atoms with van der Waals surface area (Å²) in [6.07, 6.45) is 6.00. The Morgan fingerprint density at radius 2 is 2.20 bits per heavy atom. The molecule has 0 heteroatoms. The van der Waals surface area contributed by atoms with E-state index in [-0.39, 0.29) is 0 Å². The Kier molecular flexibility index (Phi) is 3.33. The van der Waals surface area contributed by atoms with E-state index >= 15 is 0 Å². The van der Waals surface area contributed by atoms with Gasteiger partial charge in [-0.1, -0.05) is 0 Å². The van der Waals surface area contributed by atoms with Crippen LogP contribution in [0.25, 0.3) is 0 Å². The maximum Gasteiger partial charge on any atom is -0.113 e.